The van der Waals surface area contributed by atoms with Crippen LogP contribution >= 0.6 is 11.6 Å². The van der Waals surface area contributed by atoms with Crippen LogP contribution in [-0.2, 0) is 6.54 Å². The van der Waals surface area contributed by atoms with Crippen molar-refractivity contribution in [3.8, 4) is 0 Å². The van der Waals surface area contributed by atoms with Crippen LogP contribution in [-0.4, -0.2) is 14.5 Å². The van der Waals surface area contributed by atoms with Crippen molar-refractivity contribution in [3.63, 3.8) is 0 Å². The first-order chi connectivity index (χ1) is 9.15. The van der Waals surface area contributed by atoms with Crippen LogP contribution < -0.4 is 5.73 Å². The first kappa shape index (κ1) is 12.0. The summed E-state index contributed by atoms with van der Waals surface area (Å²) in [6, 6.07) is 7.61. The molecule has 0 saturated heterocycles. The molecule has 0 fully saturated rings. The van der Waals surface area contributed by atoms with Gasteiger partial charge < -0.3 is 10.3 Å². The minimum Gasteiger partial charge on any atom is -0.369 e. The van der Waals surface area contributed by atoms with E-state index >= 15 is 0 Å². The molecular formula is C14H13ClN4. The molecule has 0 spiro atoms. The molecule has 3 rings (SSSR count). The number of nitrogens with zero attached hydrogens (tertiary/aromatic N) is 3. The summed E-state index contributed by atoms with van der Waals surface area (Å²) >= 11 is 5.97. The van der Waals surface area contributed by atoms with Gasteiger partial charge in [-0.2, -0.15) is 0 Å². The number of nitrogens with two attached hydrogens (primary N) is 1. The second-order valence-electron chi connectivity index (χ2n) is 4.49. The molecule has 1 aromatic carbocycles. The Bertz CT molecular complexity index is 748. The Labute approximate surface area is 115 Å². The zero-order chi connectivity index (χ0) is 13.4. The van der Waals surface area contributed by atoms with Gasteiger partial charge in [0.25, 0.3) is 0 Å². The summed E-state index contributed by atoms with van der Waals surface area (Å²) in [7, 11) is 0. The largest absolute Gasteiger partial charge is 0.369 e. The predicted octanol–water partition coefficient (Wildman–Crippen LogP) is 3.02. The van der Waals surface area contributed by atoms with Crippen molar-refractivity contribution in [2.75, 3.05) is 5.73 Å². The van der Waals surface area contributed by atoms with Gasteiger partial charge in [0.15, 0.2) is 0 Å². The van der Waals surface area contributed by atoms with Gasteiger partial charge in [-0.3, -0.25) is 4.98 Å². The van der Waals surface area contributed by atoms with Gasteiger partial charge in [-0.05, 0) is 42.3 Å². The smallest absolute Gasteiger partial charge is 0.201 e. The Kier molecular flexibility index (Phi) is 2.87. The first-order valence-electron chi connectivity index (χ1n) is 5.96. The lowest BCUT2D eigenvalue weighted by Gasteiger charge is -2.08. The fraction of sp³-hybridized carbons (Fsp3) is 0.143. The lowest BCUT2D eigenvalue weighted by atomic mass is 10.1. The SMILES string of the molecule is Cc1cnccc1Cn1c(N)nc2cc(Cl)ccc21. The zero-order valence-electron chi connectivity index (χ0n) is 10.5. The van der Waals surface area contributed by atoms with E-state index < -0.39 is 0 Å². The number of hydrogen-bond acceptors (Lipinski definition) is 3. The summed E-state index contributed by atoms with van der Waals surface area (Å²) in [5.41, 5.74) is 10.1. The van der Waals surface area contributed by atoms with Crippen molar-refractivity contribution < 1.29 is 0 Å². The van der Waals surface area contributed by atoms with Crippen LogP contribution in [0.15, 0.2) is 36.7 Å². The normalized spacial score (nSPS) is 11.1. The number of imidazole rings is 1. The van der Waals surface area contributed by atoms with Gasteiger partial charge in [0.2, 0.25) is 5.95 Å². The number of rotatable bonds is 2. The molecule has 0 aliphatic heterocycles. The fourth-order valence-corrected chi connectivity index (χ4v) is 2.30. The minimum atomic E-state index is 0.494. The molecule has 0 aliphatic carbocycles. The molecule has 0 bridgehead atoms. The van der Waals surface area contributed by atoms with E-state index in [0.29, 0.717) is 17.5 Å². The van der Waals surface area contributed by atoms with E-state index in [-0.39, 0.29) is 0 Å². The summed E-state index contributed by atoms with van der Waals surface area (Å²) in [4.78, 5) is 8.44. The molecule has 4 nitrogen and oxygen atoms in total. The molecule has 0 saturated carbocycles. The lowest BCUT2D eigenvalue weighted by molar-refractivity contribution is 0.829. The summed E-state index contributed by atoms with van der Waals surface area (Å²) < 4.78 is 1.98. The van der Waals surface area contributed by atoms with Gasteiger partial charge in [-0.15, -0.1) is 0 Å². The number of aryl methyl sites for hydroxylation is 1. The standard InChI is InChI=1S/C14H13ClN4/c1-9-7-17-5-4-10(9)8-19-13-3-2-11(15)6-12(13)18-14(19)16/h2-7H,8H2,1H3,(H2,16,18). The highest BCUT2D eigenvalue weighted by Crippen LogP contribution is 2.23. The van der Waals surface area contributed by atoms with Crippen molar-refractivity contribution in [3.05, 3.63) is 52.8 Å². The monoisotopic (exact) mass is 272 g/mol. The Morgan fingerprint density at radius 3 is 2.95 bits per heavy atom. The van der Waals surface area contributed by atoms with E-state index in [1.807, 2.05) is 42.0 Å². The number of anilines is 1. The van der Waals surface area contributed by atoms with E-state index in [1.165, 1.54) is 5.56 Å². The van der Waals surface area contributed by atoms with Crippen molar-refractivity contribution in [2.45, 2.75) is 13.5 Å². The second-order valence-corrected chi connectivity index (χ2v) is 4.93. The van der Waals surface area contributed by atoms with Crippen LogP contribution in [0, 0.1) is 6.92 Å². The van der Waals surface area contributed by atoms with Crippen molar-refractivity contribution >= 4 is 28.6 Å². The van der Waals surface area contributed by atoms with Gasteiger partial charge in [-0.1, -0.05) is 11.6 Å². The average Bonchev–Trinajstić information content (AvgIpc) is 2.68. The number of nitrogen functional groups attached to an aromatic ring is 1. The molecular weight excluding hydrogens is 260 g/mol. The number of hydrogen-bond donors (Lipinski definition) is 1. The first-order valence-corrected chi connectivity index (χ1v) is 6.33. The van der Waals surface area contributed by atoms with E-state index in [1.54, 1.807) is 6.20 Å². The molecule has 2 heterocycles. The predicted molar refractivity (Wildman–Crippen MR) is 77.2 cm³/mol. The lowest BCUT2D eigenvalue weighted by Crippen LogP contribution is -2.05. The molecule has 5 heteroatoms. The maximum Gasteiger partial charge on any atom is 0.201 e. The van der Waals surface area contributed by atoms with E-state index in [2.05, 4.69) is 9.97 Å². The molecule has 2 N–H and O–H groups in total. The van der Waals surface area contributed by atoms with Gasteiger partial charge in [0.05, 0.1) is 17.6 Å². The Morgan fingerprint density at radius 2 is 2.16 bits per heavy atom. The Balaban J connectivity index is 2.10. The summed E-state index contributed by atoms with van der Waals surface area (Å²) in [6.07, 6.45) is 3.63. The van der Waals surface area contributed by atoms with Gasteiger partial charge in [0, 0.05) is 17.4 Å². The van der Waals surface area contributed by atoms with Crippen LogP contribution in [0.1, 0.15) is 11.1 Å². The zero-order valence-corrected chi connectivity index (χ0v) is 11.2. The van der Waals surface area contributed by atoms with Gasteiger partial charge >= 0.3 is 0 Å². The maximum absolute atomic E-state index is 5.99. The van der Waals surface area contributed by atoms with Crippen LogP contribution in [0.4, 0.5) is 5.95 Å². The minimum absolute atomic E-state index is 0.494. The molecule has 0 radical (unpaired) electrons. The molecule has 0 unspecified atom stereocenters. The highest BCUT2D eigenvalue weighted by molar-refractivity contribution is 6.31. The second kappa shape index (κ2) is 4.55. The van der Waals surface area contributed by atoms with Crippen LogP contribution in [0.5, 0.6) is 0 Å². The fourth-order valence-electron chi connectivity index (χ4n) is 2.14. The molecule has 96 valence electrons. The number of pyridine rings is 1. The van der Waals surface area contributed by atoms with Crippen LogP contribution in [0.25, 0.3) is 11.0 Å². The quantitative estimate of drug-likeness (QED) is 0.780. The van der Waals surface area contributed by atoms with Crippen LogP contribution in [0.2, 0.25) is 5.02 Å². The van der Waals surface area contributed by atoms with E-state index in [4.69, 9.17) is 17.3 Å². The number of benzene rings is 1. The van der Waals surface area contributed by atoms with Crippen molar-refractivity contribution in [2.24, 2.45) is 0 Å². The van der Waals surface area contributed by atoms with E-state index in [0.717, 1.165) is 16.6 Å². The highest BCUT2D eigenvalue weighted by atomic mass is 35.5. The summed E-state index contributed by atoms with van der Waals surface area (Å²) in [5, 5.41) is 0.664. The third-order valence-electron chi connectivity index (χ3n) is 3.20. The Hall–Kier alpha value is -2.07. The van der Waals surface area contributed by atoms with Crippen LogP contribution in [0.3, 0.4) is 0 Å². The summed E-state index contributed by atoms with van der Waals surface area (Å²) in [6.45, 7) is 2.72. The third kappa shape index (κ3) is 2.15. The molecule has 0 amide bonds. The van der Waals surface area contributed by atoms with Crippen molar-refractivity contribution in [1.29, 1.82) is 0 Å². The number of halogens is 1. The van der Waals surface area contributed by atoms with Gasteiger partial charge in [0.1, 0.15) is 0 Å². The van der Waals surface area contributed by atoms with E-state index in [9.17, 15) is 0 Å². The van der Waals surface area contributed by atoms with Crippen molar-refractivity contribution in [1.82, 2.24) is 14.5 Å². The third-order valence-corrected chi connectivity index (χ3v) is 3.44. The number of aromatic nitrogens is 3. The molecule has 0 atom stereocenters. The highest BCUT2D eigenvalue weighted by Gasteiger charge is 2.09. The Morgan fingerprint density at radius 1 is 1.32 bits per heavy atom. The maximum atomic E-state index is 5.99. The topological polar surface area (TPSA) is 56.7 Å². The van der Waals surface area contributed by atoms with Gasteiger partial charge in [-0.25, -0.2) is 4.98 Å². The number of fused-ring (bicyclic) bond motifs is 1. The summed E-state index contributed by atoms with van der Waals surface area (Å²) in [5.74, 6) is 0.494. The average molecular weight is 273 g/mol. The molecule has 19 heavy (non-hydrogen) atoms. The molecule has 3 aromatic rings. The molecule has 0 aliphatic rings. The molecule has 2 aromatic heterocycles.